The molecule has 2 fully saturated rings. The Hall–Kier alpha value is -2.82. The summed E-state index contributed by atoms with van der Waals surface area (Å²) >= 11 is 2.30. The minimum Gasteiger partial charge on any atom is -0.477 e. The number of rotatable bonds is 8. The van der Waals surface area contributed by atoms with E-state index in [0.717, 1.165) is 18.0 Å². The minimum absolute atomic E-state index is 0.0153. The van der Waals surface area contributed by atoms with Crippen LogP contribution in [0.1, 0.15) is 19.2 Å². The fourth-order valence-electron chi connectivity index (χ4n) is 4.21. The van der Waals surface area contributed by atoms with Gasteiger partial charge < -0.3 is 25.7 Å². The molecule has 5 heterocycles. The number of hydrogen-bond acceptors (Lipinski definition) is 12. The van der Waals surface area contributed by atoms with Crippen LogP contribution in [-0.4, -0.2) is 102 Å². The fraction of sp³-hybridized carbons (Fsp3) is 0.500. The third-order valence-electron chi connectivity index (χ3n) is 5.88. The second kappa shape index (κ2) is 10.3. The number of nitrogens with one attached hydrogen (secondary N) is 1. The van der Waals surface area contributed by atoms with Crippen LogP contribution in [-0.2, 0) is 24.0 Å². The molecule has 2 unspecified atom stereocenters. The zero-order valence-electron chi connectivity index (χ0n) is 19.1. The predicted octanol–water partition coefficient (Wildman–Crippen LogP) is -0.128. The van der Waals surface area contributed by atoms with Crippen LogP contribution in [0.4, 0.5) is 5.13 Å². The van der Waals surface area contributed by atoms with E-state index in [2.05, 4.69) is 24.8 Å². The Labute approximate surface area is 216 Å². The van der Waals surface area contributed by atoms with E-state index in [4.69, 9.17) is 15.3 Å². The van der Waals surface area contributed by atoms with Crippen molar-refractivity contribution in [2.75, 3.05) is 37.1 Å². The summed E-state index contributed by atoms with van der Waals surface area (Å²) in [5.41, 5.74) is 7.96. The van der Waals surface area contributed by atoms with Gasteiger partial charge in [-0.2, -0.15) is 9.36 Å². The van der Waals surface area contributed by atoms with Crippen molar-refractivity contribution in [1.29, 1.82) is 0 Å². The van der Waals surface area contributed by atoms with Crippen LogP contribution in [0.15, 0.2) is 21.4 Å². The van der Waals surface area contributed by atoms with Gasteiger partial charge in [0.1, 0.15) is 23.7 Å². The van der Waals surface area contributed by atoms with Crippen molar-refractivity contribution in [3.8, 4) is 0 Å². The van der Waals surface area contributed by atoms with Gasteiger partial charge in [0, 0.05) is 40.1 Å². The number of carboxylic acids is 1. The average molecular weight is 554 g/mol. The number of ether oxygens (including phenoxy) is 1. The number of aliphatic carboxylic acids is 1. The maximum absolute atomic E-state index is 13.1. The van der Waals surface area contributed by atoms with Gasteiger partial charge in [0.25, 0.3) is 11.8 Å². The topological polar surface area (TPSA) is 182 Å². The summed E-state index contributed by atoms with van der Waals surface area (Å²) in [6.45, 7) is 3.10. The number of carboxylic acid groups (broad SMARTS) is 1. The molecule has 0 spiro atoms. The molecule has 13 nitrogen and oxygen atoms in total. The van der Waals surface area contributed by atoms with Gasteiger partial charge in [-0.05, 0) is 18.9 Å². The molecule has 2 saturated heterocycles. The third-order valence-corrected chi connectivity index (χ3v) is 9.86. The van der Waals surface area contributed by atoms with Gasteiger partial charge in [-0.1, -0.05) is 5.16 Å². The Bertz CT molecular complexity index is 1240. The number of β-lactam (4-membered cyclic amide) rings is 1. The molecule has 4 aliphatic heterocycles. The lowest BCUT2D eigenvalue weighted by Crippen LogP contribution is -2.71. The molecule has 0 saturated carbocycles. The summed E-state index contributed by atoms with van der Waals surface area (Å²) in [5, 5.41) is 16.0. The van der Waals surface area contributed by atoms with E-state index in [1.165, 1.54) is 21.5 Å². The summed E-state index contributed by atoms with van der Waals surface area (Å²) in [6, 6.07) is -0.789. The van der Waals surface area contributed by atoms with Gasteiger partial charge >= 0.3 is 5.97 Å². The van der Waals surface area contributed by atoms with Crippen LogP contribution in [0.25, 0.3) is 0 Å². The van der Waals surface area contributed by atoms with Gasteiger partial charge in [-0.3, -0.25) is 19.5 Å². The summed E-state index contributed by atoms with van der Waals surface area (Å²) in [4.78, 5) is 54.2. The van der Waals surface area contributed by atoms with E-state index in [-0.39, 0.29) is 45.5 Å². The number of nitrogen functional groups attached to an aromatic ring is 1. The minimum atomic E-state index is -1.17. The number of carbonyl (C=O) groups is 3. The summed E-state index contributed by atoms with van der Waals surface area (Å²) in [5.74, 6) is -1.50. The van der Waals surface area contributed by atoms with E-state index in [9.17, 15) is 19.5 Å². The molecule has 5 rings (SSSR count). The molecule has 1 aromatic rings. The smallest absolute Gasteiger partial charge is 0.352 e. The van der Waals surface area contributed by atoms with E-state index in [0.29, 0.717) is 30.3 Å². The quantitative estimate of drug-likeness (QED) is 0.170. The van der Waals surface area contributed by atoms with Crippen LogP contribution in [0.3, 0.4) is 0 Å². The first-order valence-corrected chi connectivity index (χ1v) is 14.3. The number of oxime groups is 1. The molecule has 0 bridgehead atoms. The number of aromatic nitrogens is 2. The van der Waals surface area contributed by atoms with Gasteiger partial charge in [-0.25, -0.2) is 4.79 Å². The molecule has 0 radical (unpaired) electrons. The maximum atomic E-state index is 13.1. The van der Waals surface area contributed by atoms with Gasteiger partial charge in [0.05, 0.1) is 12.6 Å². The molecule has 4 atom stereocenters. The van der Waals surface area contributed by atoms with Crippen LogP contribution in [0.5, 0.6) is 0 Å². The van der Waals surface area contributed by atoms with Crippen molar-refractivity contribution in [2.45, 2.75) is 30.8 Å². The monoisotopic (exact) mass is 553 g/mol. The highest BCUT2D eigenvalue weighted by Gasteiger charge is 2.54. The molecule has 16 heteroatoms. The summed E-state index contributed by atoms with van der Waals surface area (Å²) < 4.78 is 9.58. The average Bonchev–Trinajstić information content (AvgIpc) is 3.48. The molecular formula is C20H23N7O6S3. The van der Waals surface area contributed by atoms with Crippen LogP contribution >= 0.6 is 33.8 Å². The van der Waals surface area contributed by atoms with Gasteiger partial charge in [0.15, 0.2) is 5.13 Å². The Kier molecular flexibility index (Phi) is 7.09. The number of hydrogen-bond donors (Lipinski definition) is 3. The third kappa shape index (κ3) is 4.53. The van der Waals surface area contributed by atoms with Gasteiger partial charge in [-0.15, -0.1) is 22.2 Å². The van der Waals surface area contributed by atoms with Crippen molar-refractivity contribution >= 4 is 72.8 Å². The SMILES string of the molecule is CCON=C(C(=O)N[C@@H]1C(=O)N2C(C(=O)O)=C(CS3=C4COCCC4N=C3)CS[C@@H]12)c1nsc(N)n1. The van der Waals surface area contributed by atoms with Crippen molar-refractivity contribution in [2.24, 2.45) is 10.1 Å². The van der Waals surface area contributed by atoms with E-state index < -0.39 is 29.2 Å². The molecule has 36 heavy (non-hydrogen) atoms. The Morgan fingerprint density at radius 1 is 1.47 bits per heavy atom. The molecule has 0 aliphatic carbocycles. The van der Waals surface area contributed by atoms with E-state index >= 15 is 0 Å². The van der Waals surface area contributed by atoms with Crippen molar-refractivity contribution in [3.05, 3.63) is 17.1 Å². The first-order valence-electron chi connectivity index (χ1n) is 11.1. The highest BCUT2D eigenvalue weighted by atomic mass is 32.2. The van der Waals surface area contributed by atoms with Gasteiger partial charge in [0.2, 0.25) is 11.5 Å². The van der Waals surface area contributed by atoms with E-state index in [1.54, 1.807) is 6.92 Å². The summed E-state index contributed by atoms with van der Waals surface area (Å²) in [7, 11) is -0.334. The lowest BCUT2D eigenvalue weighted by molar-refractivity contribution is -0.150. The first kappa shape index (κ1) is 24.9. The molecule has 2 amide bonds. The van der Waals surface area contributed by atoms with Crippen molar-refractivity contribution < 1.29 is 29.1 Å². The Balaban J connectivity index is 1.34. The lowest BCUT2D eigenvalue weighted by atomic mass is 10.0. The second-order valence-corrected chi connectivity index (χ2v) is 11.9. The summed E-state index contributed by atoms with van der Waals surface area (Å²) in [6.07, 6.45) is 0.834. The van der Waals surface area contributed by atoms with Crippen molar-refractivity contribution in [3.63, 3.8) is 0 Å². The lowest BCUT2D eigenvalue weighted by Gasteiger charge is -2.49. The normalized spacial score (nSPS) is 27.5. The Morgan fingerprint density at radius 3 is 3.03 bits per heavy atom. The predicted molar refractivity (Wildman–Crippen MR) is 137 cm³/mol. The molecular weight excluding hydrogens is 530 g/mol. The second-order valence-electron chi connectivity index (χ2n) is 8.08. The highest BCUT2D eigenvalue weighted by Crippen LogP contribution is 2.42. The highest BCUT2D eigenvalue weighted by molar-refractivity contribution is 8.27. The number of anilines is 1. The fourth-order valence-corrected chi connectivity index (χ4v) is 8.19. The van der Waals surface area contributed by atoms with Crippen LogP contribution in [0, 0.1) is 0 Å². The number of thioether (sulfide) groups is 1. The maximum Gasteiger partial charge on any atom is 0.352 e. The largest absolute Gasteiger partial charge is 0.477 e. The molecule has 0 aromatic carbocycles. The molecule has 1 aromatic heterocycles. The number of nitrogens with zero attached hydrogens (tertiary/aromatic N) is 5. The van der Waals surface area contributed by atoms with E-state index in [1.807, 2.05) is 5.55 Å². The number of nitrogens with two attached hydrogens (primary N) is 1. The standard InChI is InChI=1S/C20H23N7O6S3/c1-2-33-25-12(15-24-20(21)35-26-15)16(28)23-13-17(29)27-14(19(30)31)9(6-34-18(13)27)7-36-8-22-10-3-4-32-5-11(10)36/h8,10,13,18H,2-7H2,1H3,(H,23,28)(H,30,31)(H2,21,24,26)/t10?,13-,18+,36?/m1/s1. The molecule has 4 N–H and O–H groups in total. The van der Waals surface area contributed by atoms with Crippen LogP contribution < -0.4 is 11.1 Å². The van der Waals surface area contributed by atoms with Crippen molar-refractivity contribution in [1.82, 2.24) is 19.6 Å². The molecule has 4 aliphatic rings. The molecule has 192 valence electrons. The number of aliphatic imine (C=N–C) groups is 1. The zero-order chi connectivity index (χ0) is 25.4. The number of carbonyl (C=O) groups excluding carboxylic acids is 2. The number of fused-ring (bicyclic) bond motifs is 2. The number of amides is 2. The van der Waals surface area contributed by atoms with Crippen LogP contribution in [0.2, 0.25) is 0 Å². The zero-order valence-corrected chi connectivity index (χ0v) is 21.5. The first-order chi connectivity index (χ1) is 17.4. The Morgan fingerprint density at radius 2 is 2.31 bits per heavy atom.